The van der Waals surface area contributed by atoms with Gasteiger partial charge in [-0.25, -0.2) is 4.79 Å². The molecular weight excluding hydrogens is 474 g/mol. The van der Waals surface area contributed by atoms with Crippen LogP contribution in [0.4, 0.5) is 0 Å². The first kappa shape index (κ1) is 33.0. The largest absolute Gasteiger partial charge is 0.480 e. The van der Waals surface area contributed by atoms with Crippen LogP contribution in [0.5, 0.6) is 0 Å². The number of hydrogen-bond donors (Lipinski definition) is 10. The highest BCUT2D eigenvalue weighted by molar-refractivity contribution is 5.94. The van der Waals surface area contributed by atoms with E-state index in [-0.39, 0.29) is 25.2 Å². The van der Waals surface area contributed by atoms with Crippen LogP contribution in [0, 0.1) is 0 Å². The van der Waals surface area contributed by atoms with Gasteiger partial charge in [-0.15, -0.1) is 0 Å². The first-order valence-corrected chi connectivity index (χ1v) is 12.0. The number of carboxylic acids is 1. The number of guanidine groups is 1. The Morgan fingerprint density at radius 3 is 1.61 bits per heavy atom. The first-order chi connectivity index (χ1) is 17.1. The third-order valence-corrected chi connectivity index (χ3v) is 5.26. The van der Waals surface area contributed by atoms with Crippen molar-refractivity contribution in [1.29, 1.82) is 0 Å². The summed E-state index contributed by atoms with van der Waals surface area (Å²) < 4.78 is 0. The molecule has 208 valence electrons. The zero-order chi connectivity index (χ0) is 27.5. The van der Waals surface area contributed by atoms with E-state index in [1.807, 2.05) is 0 Å². The molecule has 0 aliphatic carbocycles. The van der Waals surface area contributed by atoms with Gasteiger partial charge in [0.1, 0.15) is 18.1 Å². The summed E-state index contributed by atoms with van der Waals surface area (Å²) in [7, 11) is 0. The maximum absolute atomic E-state index is 13.1. The van der Waals surface area contributed by atoms with Crippen molar-refractivity contribution in [2.75, 3.05) is 26.2 Å². The average molecular weight is 518 g/mol. The average Bonchev–Trinajstić information content (AvgIpc) is 2.83. The van der Waals surface area contributed by atoms with Gasteiger partial charge in [0.2, 0.25) is 17.7 Å². The molecule has 0 aliphatic heterocycles. The zero-order valence-corrected chi connectivity index (χ0v) is 20.7. The number of nitrogens with two attached hydrogens (primary N) is 5. The van der Waals surface area contributed by atoms with Crippen LogP contribution in [0.3, 0.4) is 0 Å². The van der Waals surface area contributed by atoms with Crippen LogP contribution >= 0.6 is 0 Å². The topological polar surface area (TPSA) is 287 Å². The molecule has 0 heterocycles. The lowest BCUT2D eigenvalue weighted by Gasteiger charge is -2.25. The standard InChI is InChI=1S/C21H43N9O6/c22-9-3-1-7-14(28-17(32)13(24)6-5-11-27-21(25)26)18(33)29-15(8-2-4-10-23)19(34)30-16(12-31)20(35)36/h13-16,31H,1-12,22-24H2,(H,28,32)(H,29,33)(H,30,34)(H,35,36)(H4,25,26,27). The number of hydrogen-bond acceptors (Lipinski definition) is 9. The van der Waals surface area contributed by atoms with Crippen LogP contribution < -0.4 is 44.6 Å². The van der Waals surface area contributed by atoms with E-state index in [1.54, 1.807) is 0 Å². The minimum Gasteiger partial charge on any atom is -0.480 e. The first-order valence-electron chi connectivity index (χ1n) is 12.0. The summed E-state index contributed by atoms with van der Waals surface area (Å²) in [4.78, 5) is 53.3. The van der Waals surface area contributed by atoms with Gasteiger partial charge in [-0.05, 0) is 64.5 Å². The highest BCUT2D eigenvalue weighted by atomic mass is 16.4. The highest BCUT2D eigenvalue weighted by Gasteiger charge is 2.29. The lowest BCUT2D eigenvalue weighted by atomic mass is 10.0. The molecule has 0 aromatic heterocycles. The molecule has 0 fully saturated rings. The van der Waals surface area contributed by atoms with Gasteiger partial charge in [-0.3, -0.25) is 19.4 Å². The van der Waals surface area contributed by atoms with Gasteiger partial charge in [-0.1, -0.05) is 0 Å². The number of aliphatic hydroxyl groups is 1. The maximum atomic E-state index is 13.1. The van der Waals surface area contributed by atoms with Gasteiger partial charge >= 0.3 is 5.97 Å². The van der Waals surface area contributed by atoms with Crippen LogP contribution in [0.25, 0.3) is 0 Å². The summed E-state index contributed by atoms with van der Waals surface area (Å²) in [5.41, 5.74) is 27.5. The maximum Gasteiger partial charge on any atom is 0.328 e. The van der Waals surface area contributed by atoms with Crippen molar-refractivity contribution in [3.8, 4) is 0 Å². The Bertz CT molecular complexity index is 718. The zero-order valence-electron chi connectivity index (χ0n) is 20.7. The molecule has 0 radical (unpaired) electrons. The van der Waals surface area contributed by atoms with Crippen LogP contribution in [0.2, 0.25) is 0 Å². The third kappa shape index (κ3) is 14.4. The monoisotopic (exact) mass is 517 g/mol. The fourth-order valence-electron chi connectivity index (χ4n) is 3.18. The second-order valence-corrected chi connectivity index (χ2v) is 8.33. The second-order valence-electron chi connectivity index (χ2n) is 8.33. The Morgan fingerprint density at radius 2 is 1.19 bits per heavy atom. The molecule has 4 unspecified atom stereocenters. The molecule has 0 saturated carbocycles. The molecule has 15 N–H and O–H groups in total. The van der Waals surface area contributed by atoms with E-state index < -0.39 is 54.5 Å². The molecule has 0 saturated heterocycles. The Kier molecular flexibility index (Phi) is 17.6. The minimum absolute atomic E-state index is 0.0663. The number of amides is 3. The van der Waals surface area contributed by atoms with Gasteiger partial charge < -0.3 is 54.8 Å². The van der Waals surface area contributed by atoms with E-state index in [9.17, 15) is 24.3 Å². The van der Waals surface area contributed by atoms with Crippen molar-refractivity contribution >= 4 is 29.7 Å². The predicted molar refractivity (Wildman–Crippen MR) is 134 cm³/mol. The second kappa shape index (κ2) is 19.2. The number of rotatable bonds is 20. The normalized spacial score (nSPS) is 14.1. The molecule has 0 aromatic carbocycles. The number of aliphatic imine (C=N–C) groups is 1. The van der Waals surface area contributed by atoms with Crippen LogP contribution in [-0.2, 0) is 19.2 Å². The van der Waals surface area contributed by atoms with Gasteiger partial charge in [-0.2, -0.15) is 0 Å². The van der Waals surface area contributed by atoms with Crippen molar-refractivity contribution in [3.05, 3.63) is 0 Å². The fraction of sp³-hybridized carbons (Fsp3) is 0.762. The molecule has 0 aromatic rings. The van der Waals surface area contributed by atoms with E-state index in [2.05, 4.69) is 20.9 Å². The minimum atomic E-state index is -1.52. The molecule has 15 nitrogen and oxygen atoms in total. The fourth-order valence-corrected chi connectivity index (χ4v) is 3.18. The van der Waals surface area contributed by atoms with Gasteiger partial charge in [0.25, 0.3) is 0 Å². The number of nitrogens with zero attached hydrogens (tertiary/aromatic N) is 1. The number of unbranched alkanes of at least 4 members (excludes halogenated alkanes) is 2. The van der Waals surface area contributed by atoms with Crippen molar-refractivity contribution in [3.63, 3.8) is 0 Å². The molecule has 36 heavy (non-hydrogen) atoms. The summed E-state index contributed by atoms with van der Waals surface area (Å²) in [5, 5.41) is 25.7. The summed E-state index contributed by atoms with van der Waals surface area (Å²) in [6.07, 6.45) is 3.37. The quantitative estimate of drug-likeness (QED) is 0.0423. The molecular formula is C21H43N9O6. The summed E-state index contributed by atoms with van der Waals surface area (Å²) in [6.45, 7) is 0.252. The van der Waals surface area contributed by atoms with E-state index in [0.29, 0.717) is 51.7 Å². The molecule has 0 aliphatic rings. The number of carbonyl (C=O) groups is 4. The lowest BCUT2D eigenvalue weighted by molar-refractivity contribution is -0.143. The Hall–Kier alpha value is -3.01. The highest BCUT2D eigenvalue weighted by Crippen LogP contribution is 2.07. The van der Waals surface area contributed by atoms with Gasteiger partial charge in [0, 0.05) is 6.54 Å². The molecule has 0 rings (SSSR count). The SMILES string of the molecule is NCCCCC(NC(=O)C(N)CCCN=C(N)N)C(=O)NC(CCCCN)C(=O)NC(CO)C(=O)O. The predicted octanol–water partition coefficient (Wildman–Crippen LogP) is -3.84. The van der Waals surface area contributed by atoms with Crippen LogP contribution in [0.15, 0.2) is 4.99 Å². The Balaban J connectivity index is 5.35. The molecule has 3 amide bonds. The van der Waals surface area contributed by atoms with Crippen molar-refractivity contribution in [1.82, 2.24) is 16.0 Å². The van der Waals surface area contributed by atoms with Gasteiger partial charge in [0.15, 0.2) is 5.96 Å². The number of aliphatic hydroxyl groups excluding tert-OH is 1. The number of aliphatic carboxylic acids is 1. The summed E-state index contributed by atoms with van der Waals surface area (Å²) >= 11 is 0. The molecule has 4 atom stereocenters. The van der Waals surface area contributed by atoms with Crippen molar-refractivity contribution in [2.24, 2.45) is 33.7 Å². The number of carboxylic acid groups (broad SMARTS) is 1. The number of nitrogens with one attached hydrogen (secondary N) is 3. The Labute approximate surface area is 211 Å². The Morgan fingerprint density at radius 1 is 0.722 bits per heavy atom. The lowest BCUT2D eigenvalue weighted by Crippen LogP contribution is -2.57. The van der Waals surface area contributed by atoms with E-state index in [4.69, 9.17) is 33.8 Å². The van der Waals surface area contributed by atoms with Crippen molar-refractivity contribution in [2.45, 2.75) is 75.5 Å². The van der Waals surface area contributed by atoms with Crippen LogP contribution in [-0.4, -0.2) is 90.3 Å². The van der Waals surface area contributed by atoms with E-state index in [0.717, 1.165) is 0 Å². The molecule has 0 bridgehead atoms. The molecule has 0 spiro atoms. The summed E-state index contributed by atoms with van der Waals surface area (Å²) in [6, 6.07) is -4.53. The third-order valence-electron chi connectivity index (χ3n) is 5.26. The van der Waals surface area contributed by atoms with Crippen molar-refractivity contribution < 1.29 is 29.4 Å². The van der Waals surface area contributed by atoms with E-state index >= 15 is 0 Å². The van der Waals surface area contributed by atoms with Crippen LogP contribution in [0.1, 0.15) is 51.4 Å². The smallest absolute Gasteiger partial charge is 0.328 e. The summed E-state index contributed by atoms with van der Waals surface area (Å²) in [5.74, 6) is -3.44. The molecule has 15 heteroatoms. The van der Waals surface area contributed by atoms with Gasteiger partial charge in [0.05, 0.1) is 12.6 Å². The number of carbonyl (C=O) groups excluding carboxylic acids is 3. The van der Waals surface area contributed by atoms with E-state index in [1.165, 1.54) is 0 Å².